The van der Waals surface area contributed by atoms with Crippen LogP contribution < -0.4 is 10.2 Å². The van der Waals surface area contributed by atoms with E-state index in [0.29, 0.717) is 5.92 Å². The Hall–Kier alpha value is -1.65. The Morgan fingerprint density at radius 2 is 1.79 bits per heavy atom. The molecule has 1 N–H and O–H groups in total. The zero-order chi connectivity index (χ0) is 19.8. The molecule has 1 amide bonds. The molecule has 2 heterocycles. The topological polar surface area (TPSA) is 77.0 Å². The normalized spacial score (nSPS) is 18.2. The van der Waals surface area contributed by atoms with Crippen LogP contribution in [0, 0.1) is 5.92 Å². The Morgan fingerprint density at radius 3 is 2.41 bits per heavy atom. The number of hydrogen-bond donors (Lipinski definition) is 1. The van der Waals surface area contributed by atoms with E-state index in [1.54, 1.807) is 31.4 Å². The third kappa shape index (κ3) is 7.27. The van der Waals surface area contributed by atoms with E-state index in [1.807, 2.05) is 6.07 Å². The first-order chi connectivity index (χ1) is 13.6. The van der Waals surface area contributed by atoms with Crippen LogP contribution in [0.4, 0.5) is 5.95 Å². The summed E-state index contributed by atoms with van der Waals surface area (Å²) in [6.07, 6.45) is 10.1. The predicted molar refractivity (Wildman–Crippen MR) is 127 cm³/mol. The molecule has 0 radical (unpaired) electrons. The lowest BCUT2D eigenvalue weighted by Gasteiger charge is -2.37. The smallest absolute Gasteiger partial charge is 0.243 e. The number of likely N-dealkylation sites (N-methyl/N-ethyl adjacent to an activating group) is 1. The van der Waals surface area contributed by atoms with Gasteiger partial charge in [0.05, 0.1) is 0 Å². The highest BCUT2D eigenvalue weighted by atomic mass is 127. The quantitative estimate of drug-likeness (QED) is 0.367. The molecule has 0 atom stereocenters. The zero-order valence-electron chi connectivity index (χ0n) is 17.6. The summed E-state index contributed by atoms with van der Waals surface area (Å²) in [7, 11) is 3.54. The Labute approximate surface area is 191 Å². The first kappa shape index (κ1) is 23.6. The first-order valence-corrected chi connectivity index (χ1v) is 10.4. The van der Waals surface area contributed by atoms with Gasteiger partial charge in [-0.25, -0.2) is 15.0 Å². The number of carbonyl (C=O) groups is 1. The number of rotatable bonds is 5. The van der Waals surface area contributed by atoms with Crippen LogP contribution in [0.25, 0.3) is 0 Å². The number of anilines is 1. The molecule has 0 bridgehead atoms. The molecule has 0 spiro atoms. The summed E-state index contributed by atoms with van der Waals surface area (Å²) in [4.78, 5) is 31.4. The van der Waals surface area contributed by atoms with Crippen molar-refractivity contribution in [2.24, 2.45) is 10.9 Å². The predicted octanol–water partition coefficient (Wildman–Crippen LogP) is 1.83. The standard InChI is InChI=1S/C20H33N7O.HI/c1-25(2)18(28)16-24-20(23-15-17-7-4-3-5-8-17)27-13-11-26(12-14-27)19-21-9-6-10-22-19;/h6,9-10,17H,3-5,7-8,11-16H2,1-2H3,(H,23,24);1H. The summed E-state index contributed by atoms with van der Waals surface area (Å²) in [6, 6.07) is 1.83. The molecule has 1 saturated heterocycles. The number of guanidine groups is 1. The Balaban J connectivity index is 0.00000300. The third-order valence-electron chi connectivity index (χ3n) is 5.55. The number of amides is 1. The van der Waals surface area contributed by atoms with Crippen molar-refractivity contribution in [3.63, 3.8) is 0 Å². The molecule has 0 unspecified atom stereocenters. The highest BCUT2D eigenvalue weighted by Crippen LogP contribution is 2.22. The van der Waals surface area contributed by atoms with Crippen molar-refractivity contribution in [2.45, 2.75) is 32.1 Å². The lowest BCUT2D eigenvalue weighted by Crippen LogP contribution is -2.53. The summed E-state index contributed by atoms with van der Waals surface area (Å²) in [6.45, 7) is 4.49. The van der Waals surface area contributed by atoms with Crippen LogP contribution in [-0.4, -0.2) is 85.0 Å². The van der Waals surface area contributed by atoms with Crippen LogP contribution in [-0.2, 0) is 4.79 Å². The number of nitrogens with zero attached hydrogens (tertiary/aromatic N) is 6. The van der Waals surface area contributed by atoms with Gasteiger partial charge in [0.1, 0.15) is 6.54 Å². The lowest BCUT2D eigenvalue weighted by atomic mass is 9.89. The molecule has 1 aliphatic heterocycles. The van der Waals surface area contributed by atoms with Crippen molar-refractivity contribution in [2.75, 3.05) is 58.3 Å². The van der Waals surface area contributed by atoms with Crippen molar-refractivity contribution in [1.29, 1.82) is 0 Å². The van der Waals surface area contributed by atoms with Gasteiger partial charge < -0.3 is 20.0 Å². The fraction of sp³-hybridized carbons (Fsp3) is 0.700. The van der Waals surface area contributed by atoms with Crippen LogP contribution in [0.5, 0.6) is 0 Å². The molecular formula is C20H34IN7O. The van der Waals surface area contributed by atoms with Crippen LogP contribution in [0.3, 0.4) is 0 Å². The number of hydrogen-bond acceptors (Lipinski definition) is 5. The number of nitrogens with one attached hydrogen (secondary N) is 1. The molecule has 1 aromatic rings. The van der Waals surface area contributed by atoms with Crippen molar-refractivity contribution in [1.82, 2.24) is 25.1 Å². The maximum Gasteiger partial charge on any atom is 0.243 e. The Morgan fingerprint density at radius 1 is 1.14 bits per heavy atom. The van der Waals surface area contributed by atoms with Crippen LogP contribution in [0.15, 0.2) is 23.5 Å². The molecule has 3 rings (SSSR count). The summed E-state index contributed by atoms with van der Waals surface area (Å²) < 4.78 is 0. The summed E-state index contributed by atoms with van der Waals surface area (Å²) in [5.41, 5.74) is 0. The monoisotopic (exact) mass is 515 g/mol. The van der Waals surface area contributed by atoms with Gasteiger partial charge >= 0.3 is 0 Å². The SMILES string of the molecule is CN(C)C(=O)CN=C(NCC1CCCCC1)N1CCN(c2ncccn2)CC1.I. The molecule has 1 aromatic heterocycles. The van der Waals surface area contributed by atoms with Gasteiger partial charge in [0.2, 0.25) is 11.9 Å². The number of halogens is 1. The fourth-order valence-electron chi connectivity index (χ4n) is 3.75. The minimum atomic E-state index is 0. The van der Waals surface area contributed by atoms with E-state index in [9.17, 15) is 4.79 Å². The van der Waals surface area contributed by atoms with E-state index in [4.69, 9.17) is 0 Å². The molecule has 162 valence electrons. The number of carbonyl (C=O) groups excluding carboxylic acids is 1. The van der Waals surface area contributed by atoms with Gasteiger partial charge in [-0.15, -0.1) is 24.0 Å². The molecule has 8 nitrogen and oxygen atoms in total. The maximum absolute atomic E-state index is 12.0. The van der Waals surface area contributed by atoms with Gasteiger partial charge in [0, 0.05) is 59.2 Å². The van der Waals surface area contributed by atoms with Gasteiger partial charge in [-0.1, -0.05) is 19.3 Å². The van der Waals surface area contributed by atoms with E-state index < -0.39 is 0 Å². The summed E-state index contributed by atoms with van der Waals surface area (Å²) >= 11 is 0. The summed E-state index contributed by atoms with van der Waals surface area (Å²) in [5, 5.41) is 3.56. The van der Waals surface area contributed by atoms with Crippen molar-refractivity contribution < 1.29 is 4.79 Å². The Bertz CT molecular complexity index is 641. The lowest BCUT2D eigenvalue weighted by molar-refractivity contribution is -0.127. The molecule has 1 aliphatic carbocycles. The fourth-order valence-corrected chi connectivity index (χ4v) is 3.75. The van der Waals surface area contributed by atoms with E-state index in [-0.39, 0.29) is 36.4 Å². The highest BCUT2D eigenvalue weighted by Gasteiger charge is 2.22. The molecule has 1 saturated carbocycles. The molecule has 0 aromatic carbocycles. The van der Waals surface area contributed by atoms with Gasteiger partial charge in [0.25, 0.3) is 0 Å². The second-order valence-corrected chi connectivity index (χ2v) is 7.84. The van der Waals surface area contributed by atoms with Crippen LogP contribution in [0.2, 0.25) is 0 Å². The molecular weight excluding hydrogens is 481 g/mol. The second-order valence-electron chi connectivity index (χ2n) is 7.84. The minimum Gasteiger partial charge on any atom is -0.356 e. The average molecular weight is 515 g/mol. The number of aromatic nitrogens is 2. The van der Waals surface area contributed by atoms with E-state index in [1.165, 1.54) is 32.1 Å². The third-order valence-corrected chi connectivity index (χ3v) is 5.55. The molecule has 9 heteroatoms. The minimum absolute atomic E-state index is 0. The molecule has 2 aliphatic rings. The van der Waals surface area contributed by atoms with E-state index in [2.05, 4.69) is 30.1 Å². The summed E-state index contributed by atoms with van der Waals surface area (Å²) in [5.74, 6) is 2.36. The first-order valence-electron chi connectivity index (χ1n) is 10.4. The van der Waals surface area contributed by atoms with Crippen LogP contribution >= 0.6 is 24.0 Å². The molecule has 2 fully saturated rings. The van der Waals surface area contributed by atoms with Gasteiger partial charge in [-0.05, 0) is 24.8 Å². The highest BCUT2D eigenvalue weighted by molar-refractivity contribution is 14.0. The van der Waals surface area contributed by atoms with Crippen molar-refractivity contribution in [3.8, 4) is 0 Å². The Kier molecular flexibility index (Phi) is 9.89. The second kappa shape index (κ2) is 12.1. The number of piperazine rings is 1. The van der Waals surface area contributed by atoms with Gasteiger partial charge in [-0.2, -0.15) is 0 Å². The zero-order valence-corrected chi connectivity index (χ0v) is 19.9. The largest absolute Gasteiger partial charge is 0.356 e. The van der Waals surface area contributed by atoms with E-state index >= 15 is 0 Å². The molecule has 29 heavy (non-hydrogen) atoms. The maximum atomic E-state index is 12.0. The van der Waals surface area contributed by atoms with E-state index in [0.717, 1.165) is 44.6 Å². The van der Waals surface area contributed by atoms with Crippen molar-refractivity contribution >= 4 is 41.8 Å². The average Bonchev–Trinajstić information content (AvgIpc) is 2.75. The van der Waals surface area contributed by atoms with Gasteiger partial charge in [0.15, 0.2) is 5.96 Å². The number of aliphatic imine (C=N–C) groups is 1. The van der Waals surface area contributed by atoms with Gasteiger partial charge in [-0.3, -0.25) is 4.79 Å². The van der Waals surface area contributed by atoms with Crippen molar-refractivity contribution in [3.05, 3.63) is 18.5 Å². The van der Waals surface area contributed by atoms with Crippen LogP contribution in [0.1, 0.15) is 32.1 Å².